The second-order valence-corrected chi connectivity index (χ2v) is 6.25. The smallest absolute Gasteiger partial charge is 0.229 e. The second kappa shape index (κ2) is 8.48. The minimum absolute atomic E-state index is 0.554. The number of ether oxygens (including phenoxy) is 1. The first-order chi connectivity index (χ1) is 12.2. The predicted molar refractivity (Wildman–Crippen MR) is 105 cm³/mol. The summed E-state index contributed by atoms with van der Waals surface area (Å²) in [7, 11) is 1.68. The molecule has 5 nitrogen and oxygen atoms in total. The van der Waals surface area contributed by atoms with Crippen LogP contribution in [0.5, 0.6) is 5.75 Å². The average Bonchev–Trinajstić information content (AvgIpc) is 2.64. The van der Waals surface area contributed by atoms with Gasteiger partial charge in [-0.25, -0.2) is 4.98 Å². The highest BCUT2D eigenvalue weighted by molar-refractivity contribution is 9.10. The highest BCUT2D eigenvalue weighted by atomic mass is 79.9. The van der Waals surface area contributed by atoms with Crippen LogP contribution in [0.4, 0.5) is 17.5 Å². The average molecular weight is 399 g/mol. The monoisotopic (exact) mass is 398 g/mol. The largest absolute Gasteiger partial charge is 0.497 e. The van der Waals surface area contributed by atoms with Gasteiger partial charge in [-0.1, -0.05) is 24.3 Å². The molecule has 3 aromatic rings. The van der Waals surface area contributed by atoms with E-state index in [0.717, 1.165) is 34.7 Å². The van der Waals surface area contributed by atoms with Gasteiger partial charge in [0, 0.05) is 17.2 Å². The number of rotatable bonds is 7. The van der Waals surface area contributed by atoms with E-state index in [2.05, 4.69) is 42.6 Å². The van der Waals surface area contributed by atoms with Crippen molar-refractivity contribution in [2.24, 2.45) is 0 Å². The van der Waals surface area contributed by atoms with Crippen molar-refractivity contribution < 1.29 is 4.74 Å². The first-order valence-corrected chi connectivity index (χ1v) is 8.75. The summed E-state index contributed by atoms with van der Waals surface area (Å²) in [6.45, 7) is 0.776. The Balaban J connectivity index is 1.59. The van der Waals surface area contributed by atoms with Crippen LogP contribution in [0.2, 0.25) is 0 Å². The quantitative estimate of drug-likeness (QED) is 0.606. The lowest BCUT2D eigenvalue weighted by Gasteiger charge is -2.10. The minimum atomic E-state index is 0.554. The number of benzene rings is 2. The van der Waals surface area contributed by atoms with E-state index in [1.165, 1.54) is 5.56 Å². The Morgan fingerprint density at radius 3 is 2.80 bits per heavy atom. The fraction of sp³-hybridized carbons (Fsp3) is 0.158. The first-order valence-electron chi connectivity index (χ1n) is 7.96. The summed E-state index contributed by atoms with van der Waals surface area (Å²) in [6, 6.07) is 17.8. The van der Waals surface area contributed by atoms with Gasteiger partial charge >= 0.3 is 0 Å². The number of anilines is 3. The van der Waals surface area contributed by atoms with Gasteiger partial charge in [-0.3, -0.25) is 0 Å². The standard InChI is InChI=1S/C19H19BrN4O/c1-25-15-6-4-5-14(13-15)9-11-21-18-10-12-22-19(24-18)23-17-8-3-2-7-16(17)20/h2-8,10,12-13H,9,11H2,1H3,(H2,21,22,23,24). The molecular weight excluding hydrogens is 380 g/mol. The van der Waals surface area contributed by atoms with Gasteiger partial charge in [0.2, 0.25) is 5.95 Å². The van der Waals surface area contributed by atoms with Crippen molar-refractivity contribution in [1.82, 2.24) is 9.97 Å². The Kier molecular flexibility index (Phi) is 5.85. The van der Waals surface area contributed by atoms with Gasteiger partial charge in [-0.2, -0.15) is 4.98 Å². The molecule has 0 saturated heterocycles. The fourth-order valence-corrected chi connectivity index (χ4v) is 2.75. The van der Waals surface area contributed by atoms with E-state index in [1.807, 2.05) is 48.5 Å². The van der Waals surface area contributed by atoms with Crippen LogP contribution in [0.15, 0.2) is 65.3 Å². The van der Waals surface area contributed by atoms with Crippen molar-refractivity contribution in [3.8, 4) is 5.75 Å². The van der Waals surface area contributed by atoms with Crippen molar-refractivity contribution in [3.63, 3.8) is 0 Å². The number of nitrogens with one attached hydrogen (secondary N) is 2. The maximum atomic E-state index is 5.25. The van der Waals surface area contributed by atoms with Crippen molar-refractivity contribution in [3.05, 3.63) is 70.8 Å². The van der Waals surface area contributed by atoms with Crippen LogP contribution in [0, 0.1) is 0 Å². The summed E-state index contributed by atoms with van der Waals surface area (Å²) in [6.07, 6.45) is 2.62. The van der Waals surface area contributed by atoms with Gasteiger partial charge in [-0.05, 0) is 58.2 Å². The molecule has 0 radical (unpaired) electrons. The van der Waals surface area contributed by atoms with Crippen molar-refractivity contribution in [1.29, 1.82) is 0 Å². The number of para-hydroxylation sites is 1. The lowest BCUT2D eigenvalue weighted by Crippen LogP contribution is -2.08. The van der Waals surface area contributed by atoms with E-state index < -0.39 is 0 Å². The number of hydrogen-bond acceptors (Lipinski definition) is 5. The summed E-state index contributed by atoms with van der Waals surface area (Å²) in [5.41, 5.74) is 2.14. The molecule has 2 N–H and O–H groups in total. The number of halogens is 1. The molecule has 0 saturated carbocycles. The van der Waals surface area contributed by atoms with Crippen molar-refractivity contribution in [2.45, 2.75) is 6.42 Å². The first kappa shape index (κ1) is 17.2. The van der Waals surface area contributed by atoms with Crippen LogP contribution >= 0.6 is 15.9 Å². The summed E-state index contributed by atoms with van der Waals surface area (Å²) < 4.78 is 6.22. The molecule has 0 aliphatic rings. The van der Waals surface area contributed by atoms with Crippen LogP contribution in [0.1, 0.15) is 5.56 Å². The van der Waals surface area contributed by atoms with Gasteiger partial charge in [0.1, 0.15) is 11.6 Å². The molecule has 0 spiro atoms. The zero-order valence-corrected chi connectivity index (χ0v) is 15.5. The molecule has 0 fully saturated rings. The summed E-state index contributed by atoms with van der Waals surface area (Å²) in [4.78, 5) is 8.76. The van der Waals surface area contributed by atoms with Crippen molar-refractivity contribution in [2.75, 3.05) is 24.3 Å². The van der Waals surface area contributed by atoms with E-state index in [1.54, 1.807) is 13.3 Å². The van der Waals surface area contributed by atoms with Crippen LogP contribution in [-0.2, 0) is 6.42 Å². The molecule has 0 bridgehead atoms. The lowest BCUT2D eigenvalue weighted by molar-refractivity contribution is 0.414. The molecule has 0 aliphatic heterocycles. The Hall–Kier alpha value is -2.60. The molecule has 6 heteroatoms. The Morgan fingerprint density at radius 1 is 1.08 bits per heavy atom. The fourth-order valence-electron chi connectivity index (χ4n) is 2.36. The number of nitrogens with zero attached hydrogens (tertiary/aromatic N) is 2. The Bertz CT molecular complexity index is 841. The summed E-state index contributed by atoms with van der Waals surface area (Å²) in [5.74, 6) is 2.21. The summed E-state index contributed by atoms with van der Waals surface area (Å²) in [5, 5.41) is 6.54. The third kappa shape index (κ3) is 4.93. The maximum absolute atomic E-state index is 5.25. The molecule has 0 unspecified atom stereocenters. The highest BCUT2D eigenvalue weighted by Crippen LogP contribution is 2.24. The van der Waals surface area contributed by atoms with Crippen LogP contribution in [0.3, 0.4) is 0 Å². The minimum Gasteiger partial charge on any atom is -0.497 e. The van der Waals surface area contributed by atoms with E-state index in [0.29, 0.717) is 5.95 Å². The number of hydrogen-bond donors (Lipinski definition) is 2. The highest BCUT2D eigenvalue weighted by Gasteiger charge is 2.03. The predicted octanol–water partition coefficient (Wildman–Crippen LogP) is 4.65. The molecule has 0 amide bonds. The molecule has 128 valence electrons. The van der Waals surface area contributed by atoms with Crippen LogP contribution in [0.25, 0.3) is 0 Å². The second-order valence-electron chi connectivity index (χ2n) is 5.40. The number of aromatic nitrogens is 2. The molecule has 0 aliphatic carbocycles. The summed E-state index contributed by atoms with van der Waals surface area (Å²) >= 11 is 3.51. The number of methoxy groups -OCH3 is 1. The maximum Gasteiger partial charge on any atom is 0.229 e. The van der Waals surface area contributed by atoms with Crippen LogP contribution < -0.4 is 15.4 Å². The molecule has 25 heavy (non-hydrogen) atoms. The molecule has 1 heterocycles. The van der Waals surface area contributed by atoms with E-state index >= 15 is 0 Å². The van der Waals surface area contributed by atoms with Gasteiger partial charge in [0.05, 0.1) is 12.8 Å². The van der Waals surface area contributed by atoms with Gasteiger partial charge < -0.3 is 15.4 Å². The molecule has 1 aromatic heterocycles. The molecule has 3 rings (SSSR count). The van der Waals surface area contributed by atoms with Gasteiger partial charge in [0.25, 0.3) is 0 Å². The molecular formula is C19H19BrN4O. The van der Waals surface area contributed by atoms with E-state index in [4.69, 9.17) is 4.74 Å². The topological polar surface area (TPSA) is 59.1 Å². The Morgan fingerprint density at radius 2 is 1.96 bits per heavy atom. The van der Waals surface area contributed by atoms with E-state index in [-0.39, 0.29) is 0 Å². The zero-order chi connectivity index (χ0) is 17.5. The Labute approximate surface area is 155 Å². The third-order valence-corrected chi connectivity index (χ3v) is 4.32. The molecule has 2 aromatic carbocycles. The normalized spacial score (nSPS) is 10.3. The third-order valence-electron chi connectivity index (χ3n) is 3.63. The SMILES string of the molecule is COc1cccc(CCNc2ccnc(Nc3ccccc3Br)n2)c1. The van der Waals surface area contributed by atoms with Gasteiger partial charge in [0.15, 0.2) is 0 Å². The van der Waals surface area contributed by atoms with Crippen LogP contribution in [-0.4, -0.2) is 23.6 Å². The lowest BCUT2D eigenvalue weighted by atomic mass is 10.1. The van der Waals surface area contributed by atoms with E-state index in [9.17, 15) is 0 Å². The van der Waals surface area contributed by atoms with Gasteiger partial charge in [-0.15, -0.1) is 0 Å². The molecule has 0 atom stereocenters. The zero-order valence-electron chi connectivity index (χ0n) is 13.9. The van der Waals surface area contributed by atoms with Crippen molar-refractivity contribution >= 4 is 33.4 Å².